The molecule has 1 heterocycles. The van der Waals surface area contributed by atoms with Crippen LogP contribution >= 0.6 is 0 Å². The number of carboxylic acid groups (broad SMARTS) is 1. The fourth-order valence-corrected chi connectivity index (χ4v) is 2.05. The van der Waals surface area contributed by atoms with E-state index < -0.39 is 5.97 Å². The minimum atomic E-state index is -0.956. The van der Waals surface area contributed by atoms with E-state index in [4.69, 9.17) is 5.11 Å². The summed E-state index contributed by atoms with van der Waals surface area (Å²) in [6.07, 6.45) is 4.29. The van der Waals surface area contributed by atoms with Gasteiger partial charge in [0.1, 0.15) is 0 Å². The third kappa shape index (κ3) is 2.84. The molecule has 94 valence electrons. The molecular weight excluding hydrogens is 218 g/mol. The average molecular weight is 237 g/mol. The predicted octanol–water partition coefficient (Wildman–Crippen LogP) is 2.29. The molecule has 5 heteroatoms. The maximum atomic E-state index is 11.0. The molecule has 0 bridgehead atoms. The van der Waals surface area contributed by atoms with Crippen molar-refractivity contribution < 1.29 is 9.90 Å². The van der Waals surface area contributed by atoms with E-state index in [1.54, 1.807) is 4.68 Å². The molecule has 1 aromatic heterocycles. The topological polar surface area (TPSA) is 68.0 Å². The van der Waals surface area contributed by atoms with Crippen LogP contribution in [0.2, 0.25) is 0 Å². The van der Waals surface area contributed by atoms with Crippen molar-refractivity contribution in [1.82, 2.24) is 15.0 Å². The third-order valence-corrected chi connectivity index (χ3v) is 3.09. The molecule has 0 atom stereocenters. The van der Waals surface area contributed by atoms with Crippen LogP contribution in [0.15, 0.2) is 0 Å². The highest BCUT2D eigenvalue weighted by Crippen LogP contribution is 2.41. The minimum Gasteiger partial charge on any atom is -0.476 e. The molecule has 1 saturated carbocycles. The number of hydrogen-bond donors (Lipinski definition) is 1. The Labute approximate surface area is 101 Å². The Morgan fingerprint density at radius 2 is 2.24 bits per heavy atom. The molecule has 0 amide bonds. The van der Waals surface area contributed by atoms with Crippen LogP contribution in [0.4, 0.5) is 0 Å². The first-order valence-corrected chi connectivity index (χ1v) is 6.26. The molecule has 0 spiro atoms. The summed E-state index contributed by atoms with van der Waals surface area (Å²) in [5.74, 6) is 0.0824. The molecule has 1 N–H and O–H groups in total. The van der Waals surface area contributed by atoms with E-state index >= 15 is 0 Å². The second-order valence-corrected chi connectivity index (χ2v) is 5.16. The Morgan fingerprint density at radius 3 is 2.76 bits per heavy atom. The van der Waals surface area contributed by atoms with Gasteiger partial charge in [0, 0.05) is 12.5 Å². The lowest BCUT2D eigenvalue weighted by Crippen LogP contribution is -2.08. The minimum absolute atomic E-state index is 0.150. The predicted molar refractivity (Wildman–Crippen MR) is 63.0 cm³/mol. The zero-order chi connectivity index (χ0) is 12.4. The van der Waals surface area contributed by atoms with Gasteiger partial charge in [0.2, 0.25) is 0 Å². The van der Waals surface area contributed by atoms with Gasteiger partial charge in [-0.05, 0) is 31.6 Å². The zero-order valence-corrected chi connectivity index (χ0v) is 10.4. The Bertz CT molecular complexity index is 408. The molecule has 0 aromatic carbocycles. The number of rotatable bonds is 6. The maximum absolute atomic E-state index is 11.0. The summed E-state index contributed by atoms with van der Waals surface area (Å²) in [6.45, 7) is 5.15. The molecular formula is C12H19N3O2. The van der Waals surface area contributed by atoms with Gasteiger partial charge in [0.15, 0.2) is 5.69 Å². The van der Waals surface area contributed by atoms with Crippen molar-refractivity contribution in [2.75, 3.05) is 0 Å². The molecule has 0 unspecified atom stereocenters. The van der Waals surface area contributed by atoms with Gasteiger partial charge in [-0.3, -0.25) is 0 Å². The lowest BCUT2D eigenvalue weighted by molar-refractivity contribution is 0.0689. The molecule has 1 aliphatic rings. The molecule has 0 aliphatic heterocycles. The Kier molecular flexibility index (Phi) is 3.45. The van der Waals surface area contributed by atoms with E-state index in [1.807, 2.05) is 0 Å². The molecule has 17 heavy (non-hydrogen) atoms. The molecule has 0 saturated heterocycles. The van der Waals surface area contributed by atoms with E-state index in [0.717, 1.165) is 37.9 Å². The van der Waals surface area contributed by atoms with Gasteiger partial charge >= 0.3 is 5.97 Å². The quantitative estimate of drug-likeness (QED) is 0.824. The summed E-state index contributed by atoms with van der Waals surface area (Å²) in [6, 6.07) is 0. The number of aromatic carboxylic acids is 1. The second kappa shape index (κ2) is 4.85. The van der Waals surface area contributed by atoms with Crippen LogP contribution < -0.4 is 0 Å². The van der Waals surface area contributed by atoms with Gasteiger partial charge in [-0.15, -0.1) is 5.10 Å². The standard InChI is InChI=1S/C12H19N3O2/c1-8(2)4-3-7-15-11(9-5-6-9)10(12(16)17)13-14-15/h8-9H,3-7H2,1-2H3,(H,16,17). The van der Waals surface area contributed by atoms with E-state index in [-0.39, 0.29) is 5.69 Å². The Hall–Kier alpha value is -1.39. The number of carbonyl (C=O) groups is 1. The molecule has 0 radical (unpaired) electrons. The van der Waals surface area contributed by atoms with Crippen LogP contribution in [0.25, 0.3) is 0 Å². The summed E-state index contributed by atoms with van der Waals surface area (Å²) < 4.78 is 1.80. The summed E-state index contributed by atoms with van der Waals surface area (Å²) in [5.41, 5.74) is 0.985. The van der Waals surface area contributed by atoms with Crippen molar-refractivity contribution in [2.24, 2.45) is 5.92 Å². The van der Waals surface area contributed by atoms with E-state index in [1.165, 1.54) is 0 Å². The normalized spacial score (nSPS) is 15.5. The molecule has 1 fully saturated rings. The van der Waals surface area contributed by atoms with Crippen LogP contribution in [0.1, 0.15) is 61.6 Å². The highest BCUT2D eigenvalue weighted by molar-refractivity contribution is 5.86. The lowest BCUT2D eigenvalue weighted by atomic mass is 10.1. The summed E-state index contributed by atoms with van der Waals surface area (Å²) in [7, 11) is 0. The fraction of sp³-hybridized carbons (Fsp3) is 0.750. The van der Waals surface area contributed by atoms with Gasteiger partial charge in [-0.1, -0.05) is 19.1 Å². The van der Waals surface area contributed by atoms with Gasteiger partial charge in [0.25, 0.3) is 0 Å². The molecule has 1 aromatic rings. The van der Waals surface area contributed by atoms with Gasteiger partial charge in [-0.25, -0.2) is 9.48 Å². The van der Waals surface area contributed by atoms with Gasteiger partial charge in [0.05, 0.1) is 5.69 Å². The first-order valence-electron chi connectivity index (χ1n) is 6.26. The van der Waals surface area contributed by atoms with Crippen molar-refractivity contribution in [3.63, 3.8) is 0 Å². The maximum Gasteiger partial charge on any atom is 0.358 e. The van der Waals surface area contributed by atoms with Crippen molar-refractivity contribution >= 4 is 5.97 Å². The van der Waals surface area contributed by atoms with Crippen LogP contribution in [0, 0.1) is 5.92 Å². The number of aromatic nitrogens is 3. The summed E-state index contributed by atoms with van der Waals surface area (Å²) >= 11 is 0. The number of carboxylic acids is 1. The highest BCUT2D eigenvalue weighted by Gasteiger charge is 2.33. The van der Waals surface area contributed by atoms with Gasteiger partial charge < -0.3 is 5.11 Å². The SMILES string of the molecule is CC(C)CCCn1nnc(C(=O)O)c1C1CC1. The van der Waals surface area contributed by atoms with Gasteiger partial charge in [-0.2, -0.15) is 0 Å². The Balaban J connectivity index is 2.08. The molecule has 5 nitrogen and oxygen atoms in total. The number of hydrogen-bond acceptors (Lipinski definition) is 3. The van der Waals surface area contributed by atoms with Crippen molar-refractivity contribution in [1.29, 1.82) is 0 Å². The average Bonchev–Trinajstić information content (AvgIpc) is 2.99. The van der Waals surface area contributed by atoms with E-state index in [2.05, 4.69) is 24.2 Å². The van der Waals surface area contributed by atoms with Crippen LogP contribution in [0.3, 0.4) is 0 Å². The van der Waals surface area contributed by atoms with Crippen molar-refractivity contribution in [3.05, 3.63) is 11.4 Å². The molecule has 2 rings (SSSR count). The fourth-order valence-electron chi connectivity index (χ4n) is 2.05. The van der Waals surface area contributed by atoms with Crippen LogP contribution in [0.5, 0.6) is 0 Å². The number of nitrogens with zero attached hydrogens (tertiary/aromatic N) is 3. The summed E-state index contributed by atoms with van der Waals surface area (Å²) in [5, 5.41) is 16.8. The third-order valence-electron chi connectivity index (χ3n) is 3.09. The van der Waals surface area contributed by atoms with Crippen LogP contribution in [-0.4, -0.2) is 26.1 Å². The second-order valence-electron chi connectivity index (χ2n) is 5.16. The summed E-state index contributed by atoms with van der Waals surface area (Å²) in [4.78, 5) is 11.0. The van der Waals surface area contributed by atoms with Crippen molar-refractivity contribution in [3.8, 4) is 0 Å². The molecule has 1 aliphatic carbocycles. The monoisotopic (exact) mass is 237 g/mol. The lowest BCUT2D eigenvalue weighted by Gasteiger charge is -2.07. The van der Waals surface area contributed by atoms with E-state index in [0.29, 0.717) is 11.8 Å². The first kappa shape index (κ1) is 12.1. The smallest absolute Gasteiger partial charge is 0.358 e. The largest absolute Gasteiger partial charge is 0.476 e. The van der Waals surface area contributed by atoms with Crippen LogP contribution in [-0.2, 0) is 6.54 Å². The van der Waals surface area contributed by atoms with Crippen molar-refractivity contribution in [2.45, 2.75) is 52.0 Å². The van der Waals surface area contributed by atoms with E-state index in [9.17, 15) is 4.79 Å². The number of aryl methyl sites for hydroxylation is 1. The highest BCUT2D eigenvalue weighted by atomic mass is 16.4. The Morgan fingerprint density at radius 1 is 1.53 bits per heavy atom. The zero-order valence-electron chi connectivity index (χ0n) is 10.4. The first-order chi connectivity index (χ1) is 8.09.